The second-order valence-electron chi connectivity index (χ2n) is 9.38. The number of pyridine rings is 2. The van der Waals surface area contributed by atoms with Crippen LogP contribution in [0.5, 0.6) is 0 Å². The van der Waals surface area contributed by atoms with Gasteiger partial charge in [-0.1, -0.05) is 20.3 Å². The summed E-state index contributed by atoms with van der Waals surface area (Å²) in [5.74, 6) is 1.01. The number of methoxy groups -OCH3 is 1. The first kappa shape index (κ1) is 21.0. The van der Waals surface area contributed by atoms with Crippen molar-refractivity contribution >= 4 is 11.0 Å². The van der Waals surface area contributed by atoms with E-state index in [9.17, 15) is 0 Å². The molecule has 1 aliphatic carbocycles. The van der Waals surface area contributed by atoms with E-state index in [1.807, 2.05) is 0 Å². The smallest absolute Gasteiger partial charge is 0.0920 e. The second kappa shape index (κ2) is 8.14. The van der Waals surface area contributed by atoms with Crippen LogP contribution in [0.15, 0.2) is 18.3 Å². The van der Waals surface area contributed by atoms with Gasteiger partial charge in [-0.3, -0.25) is 4.98 Å². The summed E-state index contributed by atoms with van der Waals surface area (Å²) >= 11 is 0. The Hall–Kier alpha value is -2.20. The molecule has 0 amide bonds. The molecular weight excluding hydrogens is 370 g/mol. The number of aryl methyl sites for hydroxylation is 2. The summed E-state index contributed by atoms with van der Waals surface area (Å²) in [6, 6.07) is 4.74. The molecule has 3 aromatic heterocycles. The molecule has 1 saturated carbocycles. The van der Waals surface area contributed by atoms with E-state index in [0.29, 0.717) is 18.4 Å². The van der Waals surface area contributed by atoms with E-state index in [0.717, 1.165) is 11.2 Å². The minimum absolute atomic E-state index is 0.273. The fourth-order valence-corrected chi connectivity index (χ4v) is 4.64. The van der Waals surface area contributed by atoms with Crippen LogP contribution in [0.4, 0.5) is 0 Å². The zero-order valence-corrected chi connectivity index (χ0v) is 19.5. The number of hydrogen-bond acceptors (Lipinski definition) is 3. The van der Waals surface area contributed by atoms with Gasteiger partial charge in [0.2, 0.25) is 0 Å². The van der Waals surface area contributed by atoms with Crippen molar-refractivity contribution in [3.63, 3.8) is 0 Å². The second-order valence-corrected chi connectivity index (χ2v) is 9.38. The number of ether oxygens (including phenoxy) is 1. The summed E-state index contributed by atoms with van der Waals surface area (Å²) in [6.07, 6.45) is 6.02. The normalized spacial score (nSPS) is 15.7. The topological polar surface area (TPSA) is 39.9 Å². The van der Waals surface area contributed by atoms with Crippen molar-refractivity contribution in [2.45, 2.75) is 78.7 Å². The molecule has 0 aromatic carbocycles. The quantitative estimate of drug-likeness (QED) is 0.462. The van der Waals surface area contributed by atoms with Gasteiger partial charge in [0.05, 0.1) is 35.1 Å². The van der Waals surface area contributed by atoms with Gasteiger partial charge in [0.25, 0.3) is 0 Å². The van der Waals surface area contributed by atoms with Gasteiger partial charge in [0.1, 0.15) is 0 Å². The summed E-state index contributed by atoms with van der Waals surface area (Å²) in [7, 11) is 1.76. The van der Waals surface area contributed by atoms with Crippen molar-refractivity contribution in [2.24, 2.45) is 0 Å². The molecule has 30 heavy (non-hydrogen) atoms. The number of aromatic nitrogens is 3. The minimum atomic E-state index is 0.273. The van der Waals surface area contributed by atoms with Gasteiger partial charge in [0.15, 0.2) is 0 Å². The largest absolute Gasteiger partial charge is 0.383 e. The average molecular weight is 406 g/mol. The molecule has 1 aliphatic rings. The van der Waals surface area contributed by atoms with Crippen LogP contribution >= 0.6 is 0 Å². The molecule has 4 rings (SSSR count). The first-order valence-electron chi connectivity index (χ1n) is 11.3. The average Bonchev–Trinajstić information content (AvgIpc) is 3.00. The van der Waals surface area contributed by atoms with Crippen LogP contribution in [0.1, 0.15) is 86.0 Å². The van der Waals surface area contributed by atoms with Crippen LogP contribution in [0.2, 0.25) is 0 Å². The lowest BCUT2D eigenvalue weighted by Crippen LogP contribution is -2.14. The van der Waals surface area contributed by atoms with E-state index >= 15 is 0 Å². The molecule has 0 aliphatic heterocycles. The highest BCUT2D eigenvalue weighted by atomic mass is 16.5. The molecule has 0 saturated heterocycles. The third kappa shape index (κ3) is 3.45. The van der Waals surface area contributed by atoms with Crippen LogP contribution in [0, 0.1) is 20.8 Å². The van der Waals surface area contributed by atoms with E-state index in [1.165, 1.54) is 58.4 Å². The summed E-state index contributed by atoms with van der Waals surface area (Å²) < 4.78 is 7.75. The Bertz CT molecular complexity index is 1080. The molecule has 4 heteroatoms. The van der Waals surface area contributed by atoms with Gasteiger partial charge < -0.3 is 9.30 Å². The van der Waals surface area contributed by atoms with E-state index in [2.05, 4.69) is 64.4 Å². The fourth-order valence-electron chi connectivity index (χ4n) is 4.64. The highest BCUT2D eigenvalue weighted by Crippen LogP contribution is 2.42. The van der Waals surface area contributed by atoms with Gasteiger partial charge >= 0.3 is 0 Å². The van der Waals surface area contributed by atoms with Crippen molar-refractivity contribution in [1.82, 2.24) is 14.5 Å². The summed E-state index contributed by atoms with van der Waals surface area (Å²) in [4.78, 5) is 10.4. The molecule has 160 valence electrons. The zero-order valence-electron chi connectivity index (χ0n) is 19.5. The Morgan fingerprint density at radius 2 is 1.80 bits per heavy atom. The predicted molar refractivity (Wildman–Crippen MR) is 124 cm³/mol. The molecule has 0 bridgehead atoms. The molecular formula is C26H35N3O. The maximum atomic E-state index is 5.42. The number of hydrogen-bond donors (Lipinski definition) is 0. The molecule has 0 N–H and O–H groups in total. The highest BCUT2D eigenvalue weighted by molar-refractivity contribution is 5.88. The Morgan fingerprint density at radius 1 is 1.07 bits per heavy atom. The van der Waals surface area contributed by atoms with Crippen LogP contribution in [-0.2, 0) is 4.74 Å². The van der Waals surface area contributed by atoms with Crippen LogP contribution in [0.3, 0.4) is 0 Å². The molecule has 4 nitrogen and oxygen atoms in total. The van der Waals surface area contributed by atoms with E-state index in [4.69, 9.17) is 14.7 Å². The Morgan fingerprint density at radius 3 is 2.40 bits per heavy atom. The van der Waals surface area contributed by atoms with Gasteiger partial charge in [-0.25, -0.2) is 4.98 Å². The molecule has 3 heterocycles. The predicted octanol–water partition coefficient (Wildman–Crippen LogP) is 6.62. The third-order valence-electron chi connectivity index (χ3n) is 6.85. The molecule has 1 fully saturated rings. The molecule has 0 radical (unpaired) electrons. The minimum Gasteiger partial charge on any atom is -0.383 e. The molecule has 1 atom stereocenters. The van der Waals surface area contributed by atoms with Crippen molar-refractivity contribution in [3.8, 4) is 11.3 Å². The van der Waals surface area contributed by atoms with Crippen LogP contribution < -0.4 is 0 Å². The van der Waals surface area contributed by atoms with Crippen molar-refractivity contribution < 1.29 is 4.74 Å². The Balaban J connectivity index is 1.92. The monoisotopic (exact) mass is 405 g/mol. The first-order chi connectivity index (χ1) is 14.3. The van der Waals surface area contributed by atoms with Crippen molar-refractivity contribution in [1.29, 1.82) is 0 Å². The summed E-state index contributed by atoms with van der Waals surface area (Å²) in [6.45, 7) is 13.9. The fraction of sp³-hybridized carbons (Fsp3) is 0.538. The lowest BCUT2D eigenvalue weighted by molar-refractivity contribution is 0.164. The zero-order chi connectivity index (χ0) is 21.6. The maximum absolute atomic E-state index is 5.42. The van der Waals surface area contributed by atoms with Gasteiger partial charge in [0, 0.05) is 30.5 Å². The van der Waals surface area contributed by atoms with Crippen LogP contribution in [0.25, 0.3) is 22.3 Å². The lowest BCUT2D eigenvalue weighted by Gasteiger charge is -2.28. The van der Waals surface area contributed by atoms with Crippen molar-refractivity contribution in [2.75, 3.05) is 13.7 Å². The first-order valence-corrected chi connectivity index (χ1v) is 11.3. The van der Waals surface area contributed by atoms with E-state index < -0.39 is 0 Å². The summed E-state index contributed by atoms with van der Waals surface area (Å²) in [5, 5.41) is 0. The highest BCUT2D eigenvalue weighted by Gasteiger charge is 2.27. The number of nitrogens with zero attached hydrogens (tertiary/aromatic N) is 3. The van der Waals surface area contributed by atoms with Crippen LogP contribution in [-0.4, -0.2) is 28.3 Å². The lowest BCUT2D eigenvalue weighted by atomic mass is 9.80. The number of fused-ring (bicyclic) bond motifs is 1. The standard InChI is InChI=1S/C26H35N3O/c1-15(2)22-12-11-21(25(27-22)20-9-8-10-20)24-18(5)19(6)26-23(28-24)16(3)13-29(26)17(4)14-30-7/h11-13,15,17,20H,8-10,14H2,1-7H3/t17-/m0/s1. The Kier molecular flexibility index (Phi) is 5.71. The third-order valence-corrected chi connectivity index (χ3v) is 6.85. The molecule has 0 unspecified atom stereocenters. The molecule has 0 spiro atoms. The van der Waals surface area contributed by atoms with E-state index in [1.54, 1.807) is 7.11 Å². The van der Waals surface area contributed by atoms with Crippen molar-refractivity contribution in [3.05, 3.63) is 46.4 Å². The SMILES string of the molecule is COC[C@H](C)n1cc(C)c2nc(-c3ccc(C(C)C)nc3C3CCC3)c(C)c(C)c21. The van der Waals surface area contributed by atoms with Gasteiger partial charge in [-0.2, -0.15) is 0 Å². The summed E-state index contributed by atoms with van der Waals surface area (Å²) in [5.41, 5.74) is 10.9. The molecule has 3 aromatic rings. The van der Waals surface area contributed by atoms with Gasteiger partial charge in [-0.05, 0) is 75.3 Å². The Labute approximate surface area is 180 Å². The number of rotatable bonds is 6. The van der Waals surface area contributed by atoms with Gasteiger partial charge in [-0.15, -0.1) is 0 Å². The van der Waals surface area contributed by atoms with E-state index in [-0.39, 0.29) is 6.04 Å². The maximum Gasteiger partial charge on any atom is 0.0920 e.